The van der Waals surface area contributed by atoms with E-state index in [1.54, 1.807) is 12.3 Å². The fraction of sp³-hybridized carbons (Fsp3) is 0.545. The largest absolute Gasteiger partial charge is 0.356 e. The van der Waals surface area contributed by atoms with Gasteiger partial charge in [-0.3, -0.25) is 4.79 Å². The molecule has 1 unspecified atom stereocenters. The van der Waals surface area contributed by atoms with Crippen LogP contribution >= 0.6 is 15.9 Å². The van der Waals surface area contributed by atoms with Gasteiger partial charge < -0.3 is 10.3 Å². The quantitative estimate of drug-likeness (QED) is 0.872. The molecule has 0 aromatic carbocycles. The van der Waals surface area contributed by atoms with E-state index in [1.165, 1.54) is 19.3 Å². The molecule has 0 bridgehead atoms. The Morgan fingerprint density at radius 2 is 2.40 bits per heavy atom. The number of rotatable bonds is 3. The van der Waals surface area contributed by atoms with Crippen molar-refractivity contribution in [2.45, 2.75) is 32.2 Å². The van der Waals surface area contributed by atoms with Crippen LogP contribution in [0.25, 0.3) is 0 Å². The molecule has 15 heavy (non-hydrogen) atoms. The van der Waals surface area contributed by atoms with Gasteiger partial charge in [-0.25, -0.2) is 0 Å². The standard InChI is InChI=1S/C11H15BrN2O/c1-7(8-3-2-4-8)14-11(15)10-5-9(12)6-13-10/h5-8,13H,2-4H2,1H3,(H,14,15). The van der Waals surface area contributed by atoms with E-state index in [1.807, 2.05) is 0 Å². The molecule has 1 aliphatic carbocycles. The van der Waals surface area contributed by atoms with Crippen LogP contribution in [-0.2, 0) is 0 Å². The van der Waals surface area contributed by atoms with Crippen LogP contribution in [-0.4, -0.2) is 16.9 Å². The van der Waals surface area contributed by atoms with Crippen LogP contribution in [0.4, 0.5) is 0 Å². The van der Waals surface area contributed by atoms with Crippen molar-refractivity contribution in [2.24, 2.45) is 5.92 Å². The van der Waals surface area contributed by atoms with Gasteiger partial charge in [-0.15, -0.1) is 0 Å². The number of H-pyrrole nitrogens is 1. The highest BCUT2D eigenvalue weighted by atomic mass is 79.9. The summed E-state index contributed by atoms with van der Waals surface area (Å²) in [7, 11) is 0. The van der Waals surface area contributed by atoms with Crippen LogP contribution in [0.5, 0.6) is 0 Å². The normalized spacial score (nSPS) is 18.3. The van der Waals surface area contributed by atoms with Crippen LogP contribution in [0.15, 0.2) is 16.7 Å². The minimum Gasteiger partial charge on any atom is -0.356 e. The second kappa shape index (κ2) is 4.39. The molecule has 3 nitrogen and oxygen atoms in total. The first-order chi connectivity index (χ1) is 7.16. The molecule has 0 saturated heterocycles. The van der Waals surface area contributed by atoms with Crippen LogP contribution in [0.2, 0.25) is 0 Å². The van der Waals surface area contributed by atoms with E-state index in [-0.39, 0.29) is 11.9 Å². The van der Waals surface area contributed by atoms with Gasteiger partial charge in [0.25, 0.3) is 5.91 Å². The first-order valence-corrected chi connectivity index (χ1v) is 6.11. The second-order valence-electron chi connectivity index (χ2n) is 4.18. The Balaban J connectivity index is 1.91. The molecule has 1 heterocycles. The number of carbonyl (C=O) groups is 1. The summed E-state index contributed by atoms with van der Waals surface area (Å²) in [5, 5.41) is 3.02. The van der Waals surface area contributed by atoms with Crippen molar-refractivity contribution < 1.29 is 4.79 Å². The van der Waals surface area contributed by atoms with Gasteiger partial charge >= 0.3 is 0 Å². The minimum atomic E-state index is -0.0138. The van der Waals surface area contributed by atoms with E-state index < -0.39 is 0 Å². The maximum absolute atomic E-state index is 11.7. The van der Waals surface area contributed by atoms with Crippen molar-refractivity contribution in [3.05, 3.63) is 22.4 Å². The van der Waals surface area contributed by atoms with Crippen molar-refractivity contribution >= 4 is 21.8 Å². The molecule has 2 N–H and O–H groups in total. The molecule has 0 radical (unpaired) electrons. The van der Waals surface area contributed by atoms with Gasteiger partial charge in [0.15, 0.2) is 0 Å². The lowest BCUT2D eigenvalue weighted by molar-refractivity contribution is 0.0905. The Labute approximate surface area is 97.8 Å². The zero-order valence-corrected chi connectivity index (χ0v) is 10.3. The fourth-order valence-electron chi connectivity index (χ4n) is 1.84. The number of hydrogen-bond donors (Lipinski definition) is 2. The van der Waals surface area contributed by atoms with Gasteiger partial charge in [-0.2, -0.15) is 0 Å². The topological polar surface area (TPSA) is 44.9 Å². The van der Waals surface area contributed by atoms with E-state index in [2.05, 4.69) is 33.2 Å². The predicted molar refractivity (Wildman–Crippen MR) is 62.8 cm³/mol. The van der Waals surface area contributed by atoms with Crippen LogP contribution < -0.4 is 5.32 Å². The molecule has 4 heteroatoms. The number of aromatic amines is 1. The van der Waals surface area contributed by atoms with Crippen LogP contribution in [0, 0.1) is 5.92 Å². The third kappa shape index (κ3) is 2.43. The van der Waals surface area contributed by atoms with Gasteiger partial charge in [-0.05, 0) is 47.7 Å². The molecular weight excluding hydrogens is 256 g/mol. The number of amides is 1. The average molecular weight is 271 g/mol. The van der Waals surface area contributed by atoms with Gasteiger partial charge in [0.2, 0.25) is 0 Å². The molecule has 1 saturated carbocycles. The van der Waals surface area contributed by atoms with Crippen molar-refractivity contribution in [1.82, 2.24) is 10.3 Å². The zero-order chi connectivity index (χ0) is 10.8. The summed E-state index contributed by atoms with van der Waals surface area (Å²) < 4.78 is 0.906. The molecule has 0 aliphatic heterocycles. The van der Waals surface area contributed by atoms with Crippen molar-refractivity contribution in [2.75, 3.05) is 0 Å². The summed E-state index contributed by atoms with van der Waals surface area (Å²) in [5.74, 6) is 0.660. The first-order valence-electron chi connectivity index (χ1n) is 5.31. The summed E-state index contributed by atoms with van der Waals surface area (Å²) in [6.07, 6.45) is 5.56. The van der Waals surface area contributed by atoms with Crippen LogP contribution in [0.1, 0.15) is 36.7 Å². The molecular formula is C11H15BrN2O. The zero-order valence-electron chi connectivity index (χ0n) is 8.72. The number of halogens is 1. The highest BCUT2D eigenvalue weighted by Crippen LogP contribution is 2.29. The van der Waals surface area contributed by atoms with Gasteiger partial charge in [0.05, 0.1) is 0 Å². The van der Waals surface area contributed by atoms with Gasteiger partial charge in [-0.1, -0.05) is 6.42 Å². The third-order valence-corrected chi connectivity index (χ3v) is 3.57. The van der Waals surface area contributed by atoms with Crippen molar-refractivity contribution in [3.63, 3.8) is 0 Å². The summed E-state index contributed by atoms with van der Waals surface area (Å²) >= 11 is 3.31. The van der Waals surface area contributed by atoms with Crippen LogP contribution in [0.3, 0.4) is 0 Å². The minimum absolute atomic E-state index is 0.0138. The lowest BCUT2D eigenvalue weighted by Gasteiger charge is -2.31. The molecule has 2 rings (SSSR count). The Hall–Kier alpha value is -0.770. The molecule has 0 spiro atoms. The Morgan fingerprint density at radius 3 is 2.87 bits per heavy atom. The molecule has 1 amide bonds. The highest BCUT2D eigenvalue weighted by Gasteiger charge is 2.25. The summed E-state index contributed by atoms with van der Waals surface area (Å²) in [6.45, 7) is 2.08. The monoisotopic (exact) mass is 270 g/mol. The SMILES string of the molecule is CC(NC(=O)c1cc(Br)c[nH]1)C1CCC1. The van der Waals surface area contributed by atoms with Crippen molar-refractivity contribution in [3.8, 4) is 0 Å². The Bertz CT molecular complexity index is 357. The fourth-order valence-corrected chi connectivity index (χ4v) is 2.18. The van der Waals surface area contributed by atoms with Gasteiger partial charge in [0.1, 0.15) is 5.69 Å². The van der Waals surface area contributed by atoms with E-state index >= 15 is 0 Å². The predicted octanol–water partition coefficient (Wildman–Crippen LogP) is 2.70. The van der Waals surface area contributed by atoms with Crippen molar-refractivity contribution in [1.29, 1.82) is 0 Å². The number of nitrogens with one attached hydrogen (secondary N) is 2. The average Bonchev–Trinajstić information content (AvgIpc) is 2.48. The van der Waals surface area contributed by atoms with Gasteiger partial charge in [0, 0.05) is 16.7 Å². The maximum atomic E-state index is 11.7. The molecule has 1 aromatic rings. The lowest BCUT2D eigenvalue weighted by Crippen LogP contribution is -2.40. The molecule has 1 aliphatic rings. The van der Waals surface area contributed by atoms with E-state index in [9.17, 15) is 4.79 Å². The first kappa shape index (κ1) is 10.7. The lowest BCUT2D eigenvalue weighted by atomic mass is 9.80. The summed E-state index contributed by atoms with van der Waals surface area (Å²) in [5.41, 5.74) is 0.619. The molecule has 1 atom stereocenters. The Kier molecular flexibility index (Phi) is 3.14. The maximum Gasteiger partial charge on any atom is 0.267 e. The van der Waals surface area contributed by atoms with E-state index in [0.29, 0.717) is 11.6 Å². The number of aromatic nitrogens is 1. The number of carbonyl (C=O) groups excluding carboxylic acids is 1. The number of hydrogen-bond acceptors (Lipinski definition) is 1. The third-order valence-electron chi connectivity index (χ3n) is 3.11. The Morgan fingerprint density at radius 1 is 1.67 bits per heavy atom. The smallest absolute Gasteiger partial charge is 0.267 e. The van der Waals surface area contributed by atoms with E-state index in [4.69, 9.17) is 0 Å². The summed E-state index contributed by atoms with van der Waals surface area (Å²) in [4.78, 5) is 14.7. The second-order valence-corrected chi connectivity index (χ2v) is 5.10. The molecule has 82 valence electrons. The highest BCUT2D eigenvalue weighted by molar-refractivity contribution is 9.10. The molecule has 1 fully saturated rings. The summed E-state index contributed by atoms with van der Waals surface area (Å²) in [6, 6.07) is 2.08. The van der Waals surface area contributed by atoms with E-state index in [0.717, 1.165) is 4.47 Å². The molecule has 1 aromatic heterocycles.